The van der Waals surface area contributed by atoms with Crippen LogP contribution in [0.4, 0.5) is 8.78 Å². The zero-order chi connectivity index (χ0) is 14.7. The summed E-state index contributed by atoms with van der Waals surface area (Å²) in [4.78, 5) is 0. The number of rotatable bonds is 4. The van der Waals surface area contributed by atoms with Gasteiger partial charge in [-0.3, -0.25) is 0 Å². The predicted molar refractivity (Wildman–Crippen MR) is 78.3 cm³/mol. The third kappa shape index (κ3) is 3.48. The average molecular weight is 316 g/mol. The van der Waals surface area contributed by atoms with Gasteiger partial charge in [0.1, 0.15) is 11.6 Å². The van der Waals surface area contributed by atoms with E-state index in [1.54, 1.807) is 25.2 Å². The number of nitrogens with one attached hydrogen (secondary N) is 1. The lowest BCUT2D eigenvalue weighted by Gasteiger charge is -2.18. The normalized spacial score (nSPS) is 12.4. The zero-order valence-corrected chi connectivity index (χ0v) is 12.3. The third-order valence-corrected chi connectivity index (χ3v) is 3.71. The van der Waals surface area contributed by atoms with E-state index in [1.165, 1.54) is 12.1 Å². The molecule has 0 fully saturated rings. The highest BCUT2D eigenvalue weighted by Gasteiger charge is 2.16. The highest BCUT2D eigenvalue weighted by Crippen LogP contribution is 2.27. The first-order chi connectivity index (χ1) is 9.51. The molecule has 0 aliphatic carbocycles. The molecule has 0 saturated carbocycles. The average Bonchev–Trinajstić information content (AvgIpc) is 2.39. The molecule has 2 aromatic carbocycles. The van der Waals surface area contributed by atoms with Crippen molar-refractivity contribution in [3.63, 3.8) is 0 Å². The Hall–Kier alpha value is -1.16. The summed E-state index contributed by atoms with van der Waals surface area (Å²) < 4.78 is 26.8. The first-order valence-electron chi connectivity index (χ1n) is 6.07. The van der Waals surface area contributed by atoms with Gasteiger partial charge < -0.3 is 5.32 Å². The molecule has 0 radical (unpaired) electrons. The van der Waals surface area contributed by atoms with Crippen LogP contribution in [0.3, 0.4) is 0 Å². The quantitative estimate of drug-likeness (QED) is 0.856. The zero-order valence-electron chi connectivity index (χ0n) is 10.8. The summed E-state index contributed by atoms with van der Waals surface area (Å²) in [6.07, 6.45) is 0.481. The molecule has 2 aromatic rings. The number of hydrogen-bond donors (Lipinski definition) is 1. The van der Waals surface area contributed by atoms with Gasteiger partial charge in [-0.15, -0.1) is 0 Å². The van der Waals surface area contributed by atoms with E-state index in [-0.39, 0.29) is 6.04 Å². The molecule has 1 N–H and O–H groups in total. The minimum atomic E-state index is -0.592. The van der Waals surface area contributed by atoms with Crippen LogP contribution < -0.4 is 5.32 Å². The summed E-state index contributed by atoms with van der Waals surface area (Å²) in [7, 11) is 1.72. The van der Waals surface area contributed by atoms with Gasteiger partial charge >= 0.3 is 0 Å². The smallest absolute Gasteiger partial charge is 0.130 e. The van der Waals surface area contributed by atoms with E-state index in [1.807, 2.05) is 0 Å². The lowest BCUT2D eigenvalue weighted by atomic mass is 9.98. The van der Waals surface area contributed by atoms with E-state index >= 15 is 0 Å². The van der Waals surface area contributed by atoms with Crippen molar-refractivity contribution in [2.75, 3.05) is 7.05 Å². The topological polar surface area (TPSA) is 12.0 Å². The van der Waals surface area contributed by atoms with Crippen LogP contribution in [-0.2, 0) is 6.42 Å². The maximum Gasteiger partial charge on any atom is 0.130 e. The number of likely N-dealkylation sites (N-methyl/N-ethyl adjacent to an activating group) is 1. The fraction of sp³-hybridized carbons (Fsp3) is 0.200. The van der Waals surface area contributed by atoms with E-state index in [2.05, 4.69) is 5.32 Å². The van der Waals surface area contributed by atoms with Crippen LogP contribution in [0.15, 0.2) is 36.4 Å². The van der Waals surface area contributed by atoms with Crippen molar-refractivity contribution in [3.05, 3.63) is 69.2 Å². The molecular formula is C15H13Cl2F2N. The van der Waals surface area contributed by atoms with Gasteiger partial charge in [-0.05, 0) is 37.2 Å². The summed E-state index contributed by atoms with van der Waals surface area (Å²) in [6, 6.07) is 8.44. The molecule has 2 rings (SSSR count). The lowest BCUT2D eigenvalue weighted by Crippen LogP contribution is -2.20. The molecule has 0 aromatic heterocycles. The Kier molecular flexibility index (Phi) is 4.97. The second-order valence-corrected chi connectivity index (χ2v) is 5.29. The Balaban J connectivity index is 2.28. The first kappa shape index (κ1) is 15.2. The van der Waals surface area contributed by atoms with E-state index < -0.39 is 11.6 Å². The minimum Gasteiger partial charge on any atom is -0.313 e. The third-order valence-electron chi connectivity index (χ3n) is 3.13. The highest BCUT2D eigenvalue weighted by molar-refractivity contribution is 6.35. The minimum absolute atomic E-state index is 0.297. The van der Waals surface area contributed by atoms with Gasteiger partial charge in [0.15, 0.2) is 0 Å². The fourth-order valence-electron chi connectivity index (χ4n) is 2.06. The van der Waals surface area contributed by atoms with Gasteiger partial charge in [0.05, 0.1) is 0 Å². The summed E-state index contributed by atoms with van der Waals surface area (Å²) in [5.41, 5.74) is 1.25. The van der Waals surface area contributed by atoms with E-state index in [0.717, 1.165) is 11.6 Å². The Morgan fingerprint density at radius 2 is 1.85 bits per heavy atom. The molecule has 5 heteroatoms. The second-order valence-electron chi connectivity index (χ2n) is 4.45. The van der Waals surface area contributed by atoms with Crippen molar-refractivity contribution in [2.45, 2.75) is 12.5 Å². The molecule has 106 valence electrons. The van der Waals surface area contributed by atoms with Gasteiger partial charge in [0, 0.05) is 27.7 Å². The summed E-state index contributed by atoms with van der Waals surface area (Å²) >= 11 is 12.0. The van der Waals surface area contributed by atoms with Crippen LogP contribution in [0.2, 0.25) is 10.0 Å². The van der Waals surface area contributed by atoms with Crippen molar-refractivity contribution >= 4 is 23.2 Å². The Labute approximate surface area is 126 Å². The molecular weight excluding hydrogens is 303 g/mol. The van der Waals surface area contributed by atoms with E-state index in [0.29, 0.717) is 22.0 Å². The van der Waals surface area contributed by atoms with Crippen molar-refractivity contribution in [1.29, 1.82) is 0 Å². The Morgan fingerprint density at radius 1 is 1.10 bits per heavy atom. The monoisotopic (exact) mass is 315 g/mol. The Morgan fingerprint density at radius 3 is 2.45 bits per heavy atom. The fourth-order valence-corrected chi connectivity index (χ4v) is 2.54. The summed E-state index contributed by atoms with van der Waals surface area (Å²) in [6.45, 7) is 0. The first-order valence-corrected chi connectivity index (χ1v) is 6.83. The van der Waals surface area contributed by atoms with Gasteiger partial charge in [0.25, 0.3) is 0 Å². The number of hydrogen-bond acceptors (Lipinski definition) is 1. The molecule has 0 aliphatic rings. The highest BCUT2D eigenvalue weighted by atomic mass is 35.5. The van der Waals surface area contributed by atoms with Gasteiger partial charge in [-0.2, -0.15) is 0 Å². The SMILES string of the molecule is CNC(Cc1ccc(Cl)cc1Cl)c1ccc(F)cc1F. The van der Waals surface area contributed by atoms with Crippen molar-refractivity contribution in [1.82, 2.24) is 5.32 Å². The van der Waals surface area contributed by atoms with Crippen LogP contribution in [0.1, 0.15) is 17.2 Å². The molecule has 1 unspecified atom stereocenters. The molecule has 0 spiro atoms. The molecule has 0 heterocycles. The lowest BCUT2D eigenvalue weighted by molar-refractivity contribution is 0.521. The van der Waals surface area contributed by atoms with Crippen molar-refractivity contribution < 1.29 is 8.78 Å². The van der Waals surface area contributed by atoms with Gasteiger partial charge in [-0.25, -0.2) is 8.78 Å². The van der Waals surface area contributed by atoms with Crippen LogP contribution in [0.5, 0.6) is 0 Å². The molecule has 0 amide bonds. The molecule has 0 bridgehead atoms. The molecule has 0 aliphatic heterocycles. The molecule has 1 atom stereocenters. The van der Waals surface area contributed by atoms with Gasteiger partial charge in [0.2, 0.25) is 0 Å². The molecule has 20 heavy (non-hydrogen) atoms. The van der Waals surface area contributed by atoms with E-state index in [4.69, 9.17) is 23.2 Å². The van der Waals surface area contributed by atoms with Crippen molar-refractivity contribution in [2.24, 2.45) is 0 Å². The maximum atomic E-state index is 13.8. The van der Waals surface area contributed by atoms with Crippen LogP contribution in [0, 0.1) is 11.6 Å². The van der Waals surface area contributed by atoms with Crippen LogP contribution in [0.25, 0.3) is 0 Å². The standard InChI is InChI=1S/C15H13Cl2F2N/c1-20-15(12-5-4-11(18)8-14(12)19)6-9-2-3-10(16)7-13(9)17/h2-5,7-8,15,20H,6H2,1H3. The largest absolute Gasteiger partial charge is 0.313 e. The second kappa shape index (κ2) is 6.53. The molecule has 1 nitrogen and oxygen atoms in total. The Bertz CT molecular complexity index is 617. The van der Waals surface area contributed by atoms with E-state index in [9.17, 15) is 8.78 Å². The number of halogens is 4. The number of benzene rings is 2. The van der Waals surface area contributed by atoms with Gasteiger partial charge in [-0.1, -0.05) is 35.3 Å². The predicted octanol–water partition coefficient (Wildman–Crippen LogP) is 4.77. The van der Waals surface area contributed by atoms with Crippen LogP contribution >= 0.6 is 23.2 Å². The van der Waals surface area contributed by atoms with Crippen molar-refractivity contribution in [3.8, 4) is 0 Å². The summed E-state index contributed by atoms with van der Waals surface area (Å²) in [5, 5.41) is 4.09. The molecule has 0 saturated heterocycles. The van der Waals surface area contributed by atoms with Crippen LogP contribution in [-0.4, -0.2) is 7.05 Å². The summed E-state index contributed by atoms with van der Waals surface area (Å²) in [5.74, 6) is -1.17. The maximum absolute atomic E-state index is 13.8.